The first-order chi connectivity index (χ1) is 11.7. The van der Waals surface area contributed by atoms with Gasteiger partial charge >= 0.3 is 12.1 Å². The minimum absolute atomic E-state index is 0.0821. The molecule has 6 heteroatoms. The highest BCUT2D eigenvalue weighted by Gasteiger charge is 2.19. The van der Waals surface area contributed by atoms with Crippen molar-refractivity contribution in [3.05, 3.63) is 24.3 Å². The summed E-state index contributed by atoms with van der Waals surface area (Å²) < 4.78 is 0. The second-order valence-corrected chi connectivity index (χ2v) is 6.57. The summed E-state index contributed by atoms with van der Waals surface area (Å²) in [6.45, 7) is 1.42. The molecule has 1 aromatic rings. The predicted octanol–water partition coefficient (Wildman–Crippen LogP) is 3.45. The van der Waals surface area contributed by atoms with Gasteiger partial charge in [-0.15, -0.1) is 0 Å². The van der Waals surface area contributed by atoms with Crippen molar-refractivity contribution in [1.82, 2.24) is 10.6 Å². The summed E-state index contributed by atoms with van der Waals surface area (Å²) in [6, 6.07) is 7.46. The summed E-state index contributed by atoms with van der Waals surface area (Å²) >= 11 is 0. The molecule has 1 saturated carbocycles. The molecule has 3 rings (SSSR count). The molecule has 24 heavy (non-hydrogen) atoms. The lowest BCUT2D eigenvalue weighted by atomic mass is 10.1. The van der Waals surface area contributed by atoms with Crippen molar-refractivity contribution in [1.29, 1.82) is 0 Å². The van der Waals surface area contributed by atoms with Crippen LogP contribution in [-0.4, -0.2) is 31.2 Å². The third-order valence-electron chi connectivity index (χ3n) is 4.69. The van der Waals surface area contributed by atoms with Gasteiger partial charge in [-0.3, -0.25) is 4.90 Å². The molecule has 0 bridgehead atoms. The van der Waals surface area contributed by atoms with E-state index in [-0.39, 0.29) is 18.1 Å². The van der Waals surface area contributed by atoms with Crippen molar-refractivity contribution in [2.45, 2.75) is 51.0 Å². The summed E-state index contributed by atoms with van der Waals surface area (Å²) in [5.41, 5.74) is 1.51. The molecule has 0 aromatic heterocycles. The second-order valence-electron chi connectivity index (χ2n) is 6.57. The number of hydrogen-bond acceptors (Lipinski definition) is 2. The Morgan fingerprint density at radius 2 is 1.92 bits per heavy atom. The smallest absolute Gasteiger partial charge is 0.321 e. The molecular formula is C18H26N4O2. The molecule has 1 aliphatic carbocycles. The third kappa shape index (κ3) is 4.40. The minimum atomic E-state index is -0.165. The Bertz CT molecular complexity index is 582. The highest BCUT2D eigenvalue weighted by molar-refractivity contribution is 5.94. The summed E-state index contributed by atoms with van der Waals surface area (Å²) in [5.74, 6) is 0. The Balaban J connectivity index is 1.59. The van der Waals surface area contributed by atoms with E-state index in [1.165, 1.54) is 25.7 Å². The molecule has 0 spiro atoms. The van der Waals surface area contributed by atoms with E-state index in [9.17, 15) is 9.59 Å². The van der Waals surface area contributed by atoms with E-state index in [1.807, 2.05) is 24.3 Å². The molecule has 2 fully saturated rings. The van der Waals surface area contributed by atoms with Gasteiger partial charge < -0.3 is 16.0 Å². The van der Waals surface area contributed by atoms with Crippen LogP contribution in [0.1, 0.15) is 44.9 Å². The Morgan fingerprint density at radius 1 is 1.12 bits per heavy atom. The first-order valence-corrected chi connectivity index (χ1v) is 8.95. The monoisotopic (exact) mass is 330 g/mol. The van der Waals surface area contributed by atoms with Crippen molar-refractivity contribution in [2.75, 3.05) is 23.3 Å². The summed E-state index contributed by atoms with van der Waals surface area (Å²) in [6.07, 6.45) is 7.93. The fraction of sp³-hybridized carbons (Fsp3) is 0.556. The molecule has 2 aliphatic rings. The first-order valence-electron chi connectivity index (χ1n) is 8.95. The zero-order valence-corrected chi connectivity index (χ0v) is 14.0. The molecule has 1 heterocycles. The molecule has 130 valence electrons. The van der Waals surface area contributed by atoms with Crippen LogP contribution in [0.4, 0.5) is 21.0 Å². The van der Waals surface area contributed by atoms with E-state index in [0.717, 1.165) is 31.5 Å². The number of rotatable bonds is 3. The Hall–Kier alpha value is -2.24. The van der Waals surface area contributed by atoms with Gasteiger partial charge in [-0.25, -0.2) is 9.59 Å². The van der Waals surface area contributed by atoms with Crippen LogP contribution in [0.5, 0.6) is 0 Å². The number of nitrogens with zero attached hydrogens (tertiary/aromatic N) is 1. The van der Waals surface area contributed by atoms with Gasteiger partial charge in [0.15, 0.2) is 0 Å². The van der Waals surface area contributed by atoms with E-state index in [1.54, 1.807) is 4.90 Å². The van der Waals surface area contributed by atoms with Gasteiger partial charge in [0.25, 0.3) is 0 Å². The number of benzene rings is 1. The number of nitrogens with one attached hydrogen (secondary N) is 3. The lowest BCUT2D eigenvalue weighted by molar-refractivity contribution is 0.242. The number of anilines is 2. The first kappa shape index (κ1) is 16.6. The van der Waals surface area contributed by atoms with Crippen LogP contribution >= 0.6 is 0 Å². The molecule has 3 N–H and O–H groups in total. The fourth-order valence-corrected chi connectivity index (χ4v) is 3.40. The second kappa shape index (κ2) is 8.04. The topological polar surface area (TPSA) is 73.5 Å². The largest absolute Gasteiger partial charge is 0.338 e. The van der Waals surface area contributed by atoms with Crippen molar-refractivity contribution in [2.24, 2.45) is 0 Å². The maximum Gasteiger partial charge on any atom is 0.321 e. The van der Waals surface area contributed by atoms with Gasteiger partial charge in [0, 0.05) is 30.5 Å². The molecule has 1 aromatic carbocycles. The van der Waals surface area contributed by atoms with Crippen molar-refractivity contribution in [3.63, 3.8) is 0 Å². The Labute approximate surface area is 143 Å². The van der Waals surface area contributed by atoms with Crippen LogP contribution in [0.2, 0.25) is 0 Å². The average Bonchev–Trinajstić information content (AvgIpc) is 2.84. The molecule has 1 saturated heterocycles. The van der Waals surface area contributed by atoms with Crippen LogP contribution in [-0.2, 0) is 0 Å². The van der Waals surface area contributed by atoms with Gasteiger partial charge in [0.2, 0.25) is 0 Å². The van der Waals surface area contributed by atoms with E-state index in [2.05, 4.69) is 16.0 Å². The Kier molecular flexibility index (Phi) is 5.56. The lowest BCUT2D eigenvalue weighted by Crippen LogP contribution is -2.46. The highest BCUT2D eigenvalue weighted by atomic mass is 16.2. The quantitative estimate of drug-likeness (QED) is 0.743. The molecule has 0 unspecified atom stereocenters. The summed E-state index contributed by atoms with van der Waals surface area (Å²) in [7, 11) is 0. The normalized spacial score (nSPS) is 19.3. The average molecular weight is 330 g/mol. The van der Waals surface area contributed by atoms with Gasteiger partial charge in [0.1, 0.15) is 0 Å². The van der Waals surface area contributed by atoms with Crippen LogP contribution in [0, 0.1) is 0 Å². The van der Waals surface area contributed by atoms with Gasteiger partial charge in [-0.2, -0.15) is 0 Å². The molecular weight excluding hydrogens is 304 g/mol. The van der Waals surface area contributed by atoms with Gasteiger partial charge in [-0.1, -0.05) is 31.7 Å². The number of hydrogen-bond donors (Lipinski definition) is 3. The lowest BCUT2D eigenvalue weighted by Gasteiger charge is -2.27. The van der Waals surface area contributed by atoms with E-state index in [4.69, 9.17) is 0 Å². The molecule has 1 aliphatic heterocycles. The van der Waals surface area contributed by atoms with Crippen LogP contribution in [0.15, 0.2) is 24.3 Å². The molecule has 0 radical (unpaired) electrons. The summed E-state index contributed by atoms with van der Waals surface area (Å²) in [5, 5.41) is 8.81. The number of carbonyl (C=O) groups excluding carboxylic acids is 2. The number of urea groups is 2. The Morgan fingerprint density at radius 3 is 2.67 bits per heavy atom. The van der Waals surface area contributed by atoms with Crippen LogP contribution < -0.4 is 20.9 Å². The molecule has 0 atom stereocenters. The van der Waals surface area contributed by atoms with Gasteiger partial charge in [-0.05, 0) is 37.5 Å². The van der Waals surface area contributed by atoms with E-state index >= 15 is 0 Å². The third-order valence-corrected chi connectivity index (χ3v) is 4.69. The highest BCUT2D eigenvalue weighted by Crippen LogP contribution is 2.21. The zero-order chi connectivity index (χ0) is 16.8. The van der Waals surface area contributed by atoms with E-state index < -0.39 is 0 Å². The molecule has 4 amide bonds. The zero-order valence-electron chi connectivity index (χ0n) is 14.0. The van der Waals surface area contributed by atoms with Gasteiger partial charge in [0.05, 0.1) is 0 Å². The maximum absolute atomic E-state index is 12.2. The SMILES string of the molecule is O=C(Nc1cccc(N2CCCNC2=O)c1)NC1CCCCCC1. The predicted molar refractivity (Wildman–Crippen MR) is 95.4 cm³/mol. The van der Waals surface area contributed by atoms with Crippen molar-refractivity contribution < 1.29 is 9.59 Å². The standard InChI is InChI=1S/C18H26N4O2/c23-17(20-14-7-3-1-2-4-8-14)21-15-9-5-10-16(13-15)22-12-6-11-19-18(22)24/h5,9-10,13-14H,1-4,6-8,11-12H2,(H,19,24)(H2,20,21,23). The van der Waals surface area contributed by atoms with E-state index in [0.29, 0.717) is 12.2 Å². The van der Waals surface area contributed by atoms with Crippen LogP contribution in [0.3, 0.4) is 0 Å². The minimum Gasteiger partial charge on any atom is -0.338 e. The summed E-state index contributed by atoms with van der Waals surface area (Å²) in [4.78, 5) is 25.9. The maximum atomic E-state index is 12.2. The van der Waals surface area contributed by atoms with Crippen molar-refractivity contribution >= 4 is 23.4 Å². The fourth-order valence-electron chi connectivity index (χ4n) is 3.40. The molecule has 6 nitrogen and oxygen atoms in total. The van der Waals surface area contributed by atoms with Crippen LogP contribution in [0.25, 0.3) is 0 Å². The number of amides is 4. The van der Waals surface area contributed by atoms with Crippen molar-refractivity contribution in [3.8, 4) is 0 Å². The number of carbonyl (C=O) groups is 2.